The maximum atomic E-state index is 5.53. The first kappa shape index (κ1) is 17.9. The fourth-order valence-corrected chi connectivity index (χ4v) is 3.73. The van der Waals surface area contributed by atoms with Gasteiger partial charge < -0.3 is 9.05 Å². The van der Waals surface area contributed by atoms with Gasteiger partial charge in [-0.15, -0.1) is 0 Å². The van der Waals surface area contributed by atoms with E-state index < -0.39 is 5.69 Å². The molecule has 82 valence electrons. The second-order valence-electron chi connectivity index (χ2n) is 3.12. The topological polar surface area (TPSA) is 18.5 Å². The molecule has 0 rings (SSSR count). The molecule has 0 fully saturated rings. The van der Waals surface area contributed by atoms with Crippen LogP contribution in [0.25, 0.3) is 0 Å². The van der Waals surface area contributed by atoms with Gasteiger partial charge in [0.05, 0.1) is 12.2 Å². The molecule has 0 aromatic heterocycles. The quantitative estimate of drug-likeness (QED) is 0.458. The van der Waals surface area contributed by atoms with Gasteiger partial charge in [0.15, 0.2) is 0 Å². The summed E-state index contributed by atoms with van der Waals surface area (Å²) in [4.78, 5) is 0. The molecule has 0 spiro atoms. The van der Waals surface area contributed by atoms with Crippen molar-refractivity contribution in [1.29, 1.82) is 0 Å². The fourth-order valence-electron chi connectivity index (χ4n) is 0.629. The van der Waals surface area contributed by atoms with Crippen molar-refractivity contribution in [3.8, 4) is 0 Å². The summed E-state index contributed by atoms with van der Waals surface area (Å²) in [5, 5.41) is 0. The van der Waals surface area contributed by atoms with Gasteiger partial charge in [0.1, 0.15) is 0 Å². The summed E-state index contributed by atoms with van der Waals surface area (Å²) >= 11 is 9.41. The molecule has 2 atom stereocenters. The van der Waals surface area contributed by atoms with Crippen molar-refractivity contribution in [3.05, 3.63) is 0 Å². The molecule has 0 saturated carbocycles. The predicted octanol–water partition coefficient (Wildman–Crippen LogP) is 3.77. The minimum Gasteiger partial charge on any atom is -0.319 e. The molecule has 0 aromatic rings. The van der Waals surface area contributed by atoms with E-state index in [-0.39, 0.29) is 31.7 Å². The summed E-state index contributed by atoms with van der Waals surface area (Å²) in [5.41, 5.74) is -2.31. The monoisotopic (exact) mass is 306 g/mol. The molecule has 0 aromatic carbocycles. The number of hydrogen-bond acceptors (Lipinski definition) is 3. The average molecular weight is 308 g/mol. The SMILES string of the molecule is CCC(C)OP(=S)(S)OC(C)CC.[Zn]. The van der Waals surface area contributed by atoms with Gasteiger partial charge >= 0.3 is 0 Å². The van der Waals surface area contributed by atoms with Crippen molar-refractivity contribution in [3.63, 3.8) is 0 Å². The summed E-state index contributed by atoms with van der Waals surface area (Å²) in [6, 6.07) is 0. The summed E-state index contributed by atoms with van der Waals surface area (Å²) in [7, 11) is 0. The van der Waals surface area contributed by atoms with E-state index in [1.807, 2.05) is 13.8 Å². The Morgan fingerprint density at radius 3 is 1.64 bits per heavy atom. The first-order valence-corrected chi connectivity index (χ1v) is 8.40. The zero-order chi connectivity index (χ0) is 10.5. The van der Waals surface area contributed by atoms with Gasteiger partial charge in [-0.25, -0.2) is 0 Å². The van der Waals surface area contributed by atoms with E-state index in [1.54, 1.807) is 0 Å². The van der Waals surface area contributed by atoms with Crippen LogP contribution in [0, 0.1) is 0 Å². The Morgan fingerprint density at radius 2 is 1.43 bits per heavy atom. The predicted molar refractivity (Wildman–Crippen MR) is 64.9 cm³/mol. The smallest absolute Gasteiger partial charge is 0.244 e. The van der Waals surface area contributed by atoms with Crippen LogP contribution >= 0.6 is 17.9 Å². The van der Waals surface area contributed by atoms with Crippen molar-refractivity contribution >= 4 is 29.7 Å². The van der Waals surface area contributed by atoms with Crippen LogP contribution in [-0.4, -0.2) is 12.2 Å². The van der Waals surface area contributed by atoms with Crippen LogP contribution in [0.3, 0.4) is 0 Å². The molecule has 0 heterocycles. The Morgan fingerprint density at radius 1 is 1.14 bits per heavy atom. The van der Waals surface area contributed by atoms with Crippen LogP contribution in [0.2, 0.25) is 0 Å². The van der Waals surface area contributed by atoms with Crippen LogP contribution in [0.15, 0.2) is 0 Å². The summed E-state index contributed by atoms with van der Waals surface area (Å²) < 4.78 is 11.1. The molecule has 0 aliphatic rings. The maximum absolute atomic E-state index is 5.53. The number of hydrogen-bond donors (Lipinski definition) is 1. The molecule has 0 aliphatic carbocycles. The van der Waals surface area contributed by atoms with Gasteiger partial charge in [0.25, 0.3) is 0 Å². The standard InChI is InChI=1S/C8H19O2PS2.Zn/c1-5-7(3)9-11(12,13)10-8(4)6-2;/h7-8H,5-6H2,1-4H3,(H,12,13);. The summed E-state index contributed by atoms with van der Waals surface area (Å²) in [5.74, 6) is 0. The molecule has 0 amide bonds. The normalized spacial score (nSPS) is 19.2. The average Bonchev–Trinajstić information content (AvgIpc) is 2.02. The van der Waals surface area contributed by atoms with E-state index in [9.17, 15) is 0 Å². The Bertz CT molecular complexity index is 176. The van der Waals surface area contributed by atoms with E-state index >= 15 is 0 Å². The third-order valence-corrected chi connectivity index (χ3v) is 4.11. The summed E-state index contributed by atoms with van der Waals surface area (Å²) in [6.45, 7) is 8.07. The van der Waals surface area contributed by atoms with Gasteiger partial charge in [-0.05, 0) is 38.5 Å². The Balaban J connectivity index is 0. The van der Waals surface area contributed by atoms with Crippen LogP contribution in [0.4, 0.5) is 0 Å². The third kappa shape index (κ3) is 8.82. The zero-order valence-electron chi connectivity index (χ0n) is 9.40. The molecule has 0 N–H and O–H groups in total. The molecule has 0 aliphatic heterocycles. The van der Waals surface area contributed by atoms with Crippen molar-refractivity contribution < 1.29 is 28.5 Å². The molecule has 2 unspecified atom stereocenters. The Hall–Kier alpha value is 1.54. The van der Waals surface area contributed by atoms with E-state index in [4.69, 9.17) is 20.9 Å². The molecule has 0 saturated heterocycles. The molecule has 0 radical (unpaired) electrons. The molecule has 2 nitrogen and oxygen atoms in total. The third-order valence-electron chi connectivity index (χ3n) is 1.78. The first-order chi connectivity index (χ1) is 5.91. The molecule has 0 bridgehead atoms. The second kappa shape index (κ2) is 8.67. The zero-order valence-corrected chi connectivity index (χ0v) is 15.0. The molecule has 14 heavy (non-hydrogen) atoms. The minimum atomic E-state index is -2.31. The minimum absolute atomic E-state index is 0. The second-order valence-corrected chi connectivity index (χ2v) is 8.31. The van der Waals surface area contributed by atoms with Gasteiger partial charge in [-0.1, -0.05) is 26.1 Å². The molecular weight excluding hydrogens is 289 g/mol. The molecular formula is C8H19O2PS2Zn. The van der Waals surface area contributed by atoms with Gasteiger partial charge in [0.2, 0.25) is 5.69 Å². The van der Waals surface area contributed by atoms with E-state index in [0.717, 1.165) is 12.8 Å². The van der Waals surface area contributed by atoms with Gasteiger partial charge in [-0.2, -0.15) is 0 Å². The van der Waals surface area contributed by atoms with Crippen LogP contribution in [0.1, 0.15) is 40.5 Å². The van der Waals surface area contributed by atoms with Crippen molar-refractivity contribution in [1.82, 2.24) is 0 Å². The van der Waals surface area contributed by atoms with E-state index in [0.29, 0.717) is 0 Å². The Kier molecular flexibility index (Phi) is 11.1. The van der Waals surface area contributed by atoms with Crippen LogP contribution in [-0.2, 0) is 40.3 Å². The summed E-state index contributed by atoms with van der Waals surface area (Å²) in [6.07, 6.45) is 2.13. The van der Waals surface area contributed by atoms with Crippen LogP contribution < -0.4 is 0 Å². The number of rotatable bonds is 6. The largest absolute Gasteiger partial charge is 0.319 e. The number of thiol groups is 1. The van der Waals surface area contributed by atoms with Crippen molar-refractivity contribution in [2.24, 2.45) is 0 Å². The van der Waals surface area contributed by atoms with Crippen molar-refractivity contribution in [2.45, 2.75) is 52.7 Å². The first-order valence-electron chi connectivity index (χ1n) is 4.60. The van der Waals surface area contributed by atoms with E-state index in [2.05, 4.69) is 26.1 Å². The van der Waals surface area contributed by atoms with Crippen molar-refractivity contribution in [2.75, 3.05) is 0 Å². The van der Waals surface area contributed by atoms with Gasteiger partial charge in [0, 0.05) is 19.5 Å². The Labute approximate surface area is 111 Å². The van der Waals surface area contributed by atoms with Gasteiger partial charge in [-0.3, -0.25) is 0 Å². The van der Waals surface area contributed by atoms with E-state index in [1.165, 1.54) is 0 Å². The maximum Gasteiger partial charge on any atom is 0.244 e. The van der Waals surface area contributed by atoms with Crippen LogP contribution in [0.5, 0.6) is 0 Å². The molecule has 6 heteroatoms. The fraction of sp³-hybridized carbons (Fsp3) is 1.00.